The van der Waals surface area contributed by atoms with E-state index in [0.717, 1.165) is 16.0 Å². The van der Waals surface area contributed by atoms with E-state index in [-0.39, 0.29) is 48.1 Å². The lowest BCUT2D eigenvalue weighted by Gasteiger charge is -2.24. The quantitative estimate of drug-likeness (QED) is 0.286. The number of rotatable bonds is 7. The fraction of sp³-hybridized carbons (Fsp3) is 0.241. The lowest BCUT2D eigenvalue weighted by atomic mass is 10.0. The maximum absolute atomic E-state index is 14.5. The number of nitrogens with one attached hydrogen (secondary N) is 1. The van der Waals surface area contributed by atoms with Crippen LogP contribution in [0.25, 0.3) is 27.7 Å². The minimum Gasteiger partial charge on any atom is -0.350 e. The third-order valence-corrected chi connectivity index (χ3v) is 7.60. The highest BCUT2D eigenvalue weighted by atomic mass is 35.5. The Morgan fingerprint density at radius 3 is 2.79 bits per heavy atom. The van der Waals surface area contributed by atoms with Crippen LogP contribution in [0.1, 0.15) is 29.4 Å². The average Bonchev–Trinajstić information content (AvgIpc) is 3.70. The van der Waals surface area contributed by atoms with Crippen LogP contribution in [-0.2, 0) is 22.7 Å². The number of likely N-dealkylation sites (tertiary alicyclic amines) is 1. The number of hydrogen-bond donors (Lipinski definition) is 1. The highest BCUT2D eigenvalue weighted by Gasteiger charge is 2.40. The summed E-state index contributed by atoms with van der Waals surface area (Å²) in [5.74, 6) is -2.10. The van der Waals surface area contributed by atoms with Gasteiger partial charge in [0.1, 0.15) is 30.3 Å². The SMILES string of the molecule is CC(=O)c1nn(CC(=O)N2C[C@H](F)C[C@H]2C(=O)NCc2cccc(Cl)c2F)c2ccc(-c3cnc4ccnn4c3)cc12. The van der Waals surface area contributed by atoms with E-state index in [1.807, 2.05) is 12.3 Å². The van der Waals surface area contributed by atoms with E-state index in [1.54, 1.807) is 41.2 Å². The molecule has 6 rings (SSSR count). The number of carbonyl (C=O) groups is 3. The third-order valence-electron chi connectivity index (χ3n) is 7.31. The van der Waals surface area contributed by atoms with Crippen molar-refractivity contribution < 1.29 is 23.2 Å². The molecule has 4 heterocycles. The Morgan fingerprint density at radius 1 is 1.14 bits per heavy atom. The normalized spacial score (nSPS) is 16.8. The largest absolute Gasteiger partial charge is 0.350 e. The van der Waals surface area contributed by atoms with Crippen LogP contribution in [0.15, 0.2) is 61.1 Å². The predicted octanol–water partition coefficient (Wildman–Crippen LogP) is 4.00. The van der Waals surface area contributed by atoms with Crippen molar-refractivity contribution >= 4 is 45.7 Å². The van der Waals surface area contributed by atoms with Gasteiger partial charge in [-0.15, -0.1) is 0 Å². The van der Waals surface area contributed by atoms with E-state index in [9.17, 15) is 23.2 Å². The van der Waals surface area contributed by atoms with Gasteiger partial charge in [-0.05, 0) is 23.8 Å². The van der Waals surface area contributed by atoms with Crippen molar-refractivity contribution in [1.29, 1.82) is 0 Å². The maximum atomic E-state index is 14.5. The topological polar surface area (TPSA) is 114 Å². The molecule has 0 bridgehead atoms. The number of Topliss-reactive ketones (excluding diaryl/α,β-unsaturated/α-hetero) is 1. The first-order chi connectivity index (χ1) is 20.2. The predicted molar refractivity (Wildman–Crippen MR) is 150 cm³/mol. The molecule has 0 saturated carbocycles. The summed E-state index contributed by atoms with van der Waals surface area (Å²) >= 11 is 5.81. The highest BCUT2D eigenvalue weighted by Crippen LogP contribution is 2.28. The molecule has 2 aromatic carbocycles. The van der Waals surface area contributed by atoms with Gasteiger partial charge in [0.2, 0.25) is 11.8 Å². The van der Waals surface area contributed by atoms with Gasteiger partial charge in [-0.2, -0.15) is 10.2 Å². The van der Waals surface area contributed by atoms with E-state index in [4.69, 9.17) is 11.6 Å². The molecule has 42 heavy (non-hydrogen) atoms. The van der Waals surface area contributed by atoms with Crippen molar-refractivity contribution in [2.75, 3.05) is 6.54 Å². The summed E-state index contributed by atoms with van der Waals surface area (Å²) in [7, 11) is 0. The molecule has 214 valence electrons. The van der Waals surface area contributed by atoms with Crippen LogP contribution in [0.3, 0.4) is 0 Å². The number of alkyl halides is 1. The Balaban J connectivity index is 1.24. The zero-order valence-corrected chi connectivity index (χ0v) is 23.1. The number of hydrogen-bond acceptors (Lipinski definition) is 6. The van der Waals surface area contributed by atoms with Crippen LogP contribution < -0.4 is 5.32 Å². The summed E-state index contributed by atoms with van der Waals surface area (Å²) in [6.07, 6.45) is 3.57. The maximum Gasteiger partial charge on any atom is 0.245 e. The molecule has 0 unspecified atom stereocenters. The van der Waals surface area contributed by atoms with Gasteiger partial charge in [-0.25, -0.2) is 18.3 Å². The highest BCUT2D eigenvalue weighted by molar-refractivity contribution is 6.30. The summed E-state index contributed by atoms with van der Waals surface area (Å²) in [6, 6.07) is 10.5. The molecule has 0 spiro atoms. The van der Waals surface area contributed by atoms with E-state index in [0.29, 0.717) is 16.6 Å². The Morgan fingerprint density at radius 2 is 1.98 bits per heavy atom. The monoisotopic (exact) mass is 591 g/mol. The fourth-order valence-corrected chi connectivity index (χ4v) is 5.41. The van der Waals surface area contributed by atoms with E-state index in [1.165, 1.54) is 23.7 Å². The second-order valence-electron chi connectivity index (χ2n) is 10.1. The van der Waals surface area contributed by atoms with Crippen LogP contribution in [0.5, 0.6) is 0 Å². The summed E-state index contributed by atoms with van der Waals surface area (Å²) < 4.78 is 31.7. The Bertz CT molecular complexity index is 1870. The minimum absolute atomic E-state index is 0.0811. The van der Waals surface area contributed by atoms with Crippen molar-refractivity contribution in [3.8, 4) is 11.1 Å². The zero-order chi connectivity index (χ0) is 29.5. The first-order valence-corrected chi connectivity index (χ1v) is 13.5. The first-order valence-electron chi connectivity index (χ1n) is 13.1. The molecule has 1 aliphatic heterocycles. The lowest BCUT2D eigenvalue weighted by Crippen LogP contribution is -2.46. The third kappa shape index (κ3) is 5.09. The molecule has 0 aliphatic carbocycles. The first kappa shape index (κ1) is 27.5. The molecule has 1 N–H and O–H groups in total. The van der Waals surface area contributed by atoms with Crippen LogP contribution in [0.2, 0.25) is 5.02 Å². The number of ketones is 1. The molecule has 2 amide bonds. The number of fused-ring (bicyclic) bond motifs is 2. The molecule has 0 radical (unpaired) electrons. The molecular weight excluding hydrogens is 568 g/mol. The molecule has 1 fully saturated rings. The summed E-state index contributed by atoms with van der Waals surface area (Å²) in [5, 5.41) is 11.6. The van der Waals surface area contributed by atoms with Gasteiger partial charge in [0.15, 0.2) is 11.4 Å². The molecule has 5 aromatic rings. The molecule has 3 aromatic heterocycles. The van der Waals surface area contributed by atoms with Crippen molar-refractivity contribution in [2.45, 2.75) is 38.6 Å². The van der Waals surface area contributed by atoms with E-state index >= 15 is 0 Å². The second-order valence-corrected chi connectivity index (χ2v) is 10.5. The molecule has 13 heteroatoms. The molecule has 1 aliphatic rings. The number of carbonyl (C=O) groups excluding carboxylic acids is 3. The van der Waals surface area contributed by atoms with Gasteiger partial charge in [0.25, 0.3) is 0 Å². The van der Waals surface area contributed by atoms with Crippen LogP contribution in [-0.4, -0.2) is 65.6 Å². The van der Waals surface area contributed by atoms with Gasteiger partial charge in [0.05, 0.1) is 23.3 Å². The number of halogens is 3. The van der Waals surface area contributed by atoms with Crippen molar-refractivity contribution in [3.63, 3.8) is 0 Å². The summed E-state index contributed by atoms with van der Waals surface area (Å²) in [4.78, 5) is 44.4. The summed E-state index contributed by atoms with van der Waals surface area (Å²) in [5.41, 5.74) is 3.10. The molecule has 10 nitrogen and oxygen atoms in total. The Hall–Kier alpha value is -4.71. The average molecular weight is 592 g/mol. The van der Waals surface area contributed by atoms with Gasteiger partial charge in [-0.3, -0.25) is 19.1 Å². The van der Waals surface area contributed by atoms with Gasteiger partial charge in [-0.1, -0.05) is 29.8 Å². The summed E-state index contributed by atoms with van der Waals surface area (Å²) in [6.45, 7) is 0.629. The fourth-order valence-electron chi connectivity index (χ4n) is 5.21. The molecule has 1 saturated heterocycles. The number of amides is 2. The van der Waals surface area contributed by atoms with Gasteiger partial charge in [0, 0.05) is 54.9 Å². The lowest BCUT2D eigenvalue weighted by molar-refractivity contribution is -0.139. The molecule has 2 atom stereocenters. The van der Waals surface area contributed by atoms with Crippen molar-refractivity contribution in [2.24, 2.45) is 0 Å². The Labute approximate surface area is 242 Å². The smallest absolute Gasteiger partial charge is 0.245 e. The minimum atomic E-state index is -1.40. The number of aromatic nitrogens is 5. The second kappa shape index (κ2) is 10.9. The zero-order valence-electron chi connectivity index (χ0n) is 22.3. The number of nitrogens with zero attached hydrogens (tertiary/aromatic N) is 6. The van der Waals surface area contributed by atoms with Crippen LogP contribution >= 0.6 is 11.6 Å². The van der Waals surface area contributed by atoms with Crippen molar-refractivity contribution in [3.05, 3.63) is 83.2 Å². The Kier molecular flexibility index (Phi) is 7.15. The standard InChI is InChI=1S/C29H24ClF2N7O3/c1-16(40)28-21-9-17(19-12-33-25-7-8-35-39(25)13-19)5-6-23(21)38(36-28)15-26(41)37-14-20(31)10-24(37)29(42)34-11-18-3-2-4-22(30)27(18)32/h2-9,12-13,20,24H,10-11,14-15H2,1H3,(H,34,42)/t20-,24+/m1/s1. The molecular formula is C29H24ClF2N7O3. The number of benzene rings is 2. The van der Waals surface area contributed by atoms with Crippen LogP contribution in [0, 0.1) is 5.82 Å². The van der Waals surface area contributed by atoms with Crippen LogP contribution in [0.4, 0.5) is 8.78 Å². The van der Waals surface area contributed by atoms with E-state index < -0.39 is 29.8 Å². The van der Waals surface area contributed by atoms with E-state index in [2.05, 4.69) is 20.5 Å². The van der Waals surface area contributed by atoms with Gasteiger partial charge >= 0.3 is 0 Å². The van der Waals surface area contributed by atoms with Crippen molar-refractivity contribution in [1.82, 2.24) is 34.6 Å². The van der Waals surface area contributed by atoms with Gasteiger partial charge < -0.3 is 10.2 Å².